The third-order valence-corrected chi connectivity index (χ3v) is 10.2. The number of likely N-dealkylation sites (tertiary alicyclic amines) is 1. The van der Waals surface area contributed by atoms with Crippen molar-refractivity contribution < 1.29 is 18.7 Å². The first-order valence-corrected chi connectivity index (χ1v) is 15.2. The Bertz CT molecular complexity index is 1180. The molecule has 0 aromatic heterocycles. The van der Waals surface area contributed by atoms with E-state index in [9.17, 15) is 14.4 Å². The highest BCUT2D eigenvalue weighted by Gasteiger charge is 2.51. The Hall–Kier alpha value is -2.39. The molecule has 1 amide bonds. The molecule has 2 N–H and O–H groups in total. The monoisotopic (exact) mass is 566 g/mol. The van der Waals surface area contributed by atoms with Gasteiger partial charge in [0, 0.05) is 44.1 Å². The number of amides is 1. The summed E-state index contributed by atoms with van der Waals surface area (Å²) in [5.41, 5.74) is 1.34. The van der Waals surface area contributed by atoms with Crippen LogP contribution in [0.2, 0.25) is 0 Å². The lowest BCUT2D eigenvalue weighted by Gasteiger charge is -2.56. The van der Waals surface area contributed by atoms with Crippen molar-refractivity contribution in [3.05, 3.63) is 47.8 Å². The first-order valence-electron chi connectivity index (χ1n) is 15.2. The lowest BCUT2D eigenvalue weighted by Crippen LogP contribution is -2.73. The number of piperazine rings is 1. The van der Waals surface area contributed by atoms with Crippen molar-refractivity contribution >= 4 is 5.91 Å². The molecule has 0 bridgehead atoms. The third-order valence-electron chi connectivity index (χ3n) is 10.2. The second kappa shape index (κ2) is 12.1. The molecule has 6 unspecified atom stereocenters. The lowest BCUT2D eigenvalue weighted by atomic mass is 9.69. The molecule has 4 heterocycles. The molecule has 10 heteroatoms. The van der Waals surface area contributed by atoms with E-state index < -0.39 is 5.60 Å². The highest BCUT2D eigenvalue weighted by molar-refractivity contribution is 5.87. The quantitative estimate of drug-likeness (QED) is 0.507. The zero-order chi connectivity index (χ0) is 28.6. The average Bonchev–Trinajstić information content (AvgIpc) is 3.40. The topological polar surface area (TPSA) is 93.1 Å². The van der Waals surface area contributed by atoms with Gasteiger partial charge in [-0.05, 0) is 69.0 Å². The van der Waals surface area contributed by atoms with Crippen LogP contribution >= 0.6 is 0 Å². The van der Waals surface area contributed by atoms with E-state index in [4.69, 9.17) is 9.47 Å². The normalized spacial score (nSPS) is 36.0. The number of likely N-dealkylation sites (N-methyl/N-ethyl adjacent to an activating group) is 1. The number of hydrogen-bond donors (Lipinski definition) is 2. The van der Waals surface area contributed by atoms with Gasteiger partial charge >= 0.3 is 0 Å². The van der Waals surface area contributed by atoms with Crippen LogP contribution in [0, 0.1) is 23.1 Å². The van der Waals surface area contributed by atoms with Crippen molar-refractivity contribution in [1.29, 1.82) is 5.26 Å². The van der Waals surface area contributed by atoms with Crippen molar-refractivity contribution in [3.8, 4) is 6.07 Å². The predicted molar refractivity (Wildman–Crippen MR) is 152 cm³/mol. The fourth-order valence-electron chi connectivity index (χ4n) is 7.89. The molecule has 6 rings (SSSR count). The van der Waals surface area contributed by atoms with Gasteiger partial charge in [-0.15, -0.1) is 0 Å². The minimum Gasteiger partial charge on any atom is -0.370 e. The van der Waals surface area contributed by atoms with Gasteiger partial charge in [0.1, 0.15) is 5.82 Å². The number of nitriles is 1. The van der Waals surface area contributed by atoms with Crippen LogP contribution in [0.15, 0.2) is 30.9 Å². The maximum absolute atomic E-state index is 14.8. The molecule has 5 aliphatic rings. The molecule has 1 aromatic rings. The average molecular weight is 567 g/mol. The highest BCUT2D eigenvalue weighted by atomic mass is 19.1. The van der Waals surface area contributed by atoms with E-state index >= 15 is 0 Å². The molecular formula is C31H43FN6O3. The fourth-order valence-corrected chi connectivity index (χ4v) is 7.89. The van der Waals surface area contributed by atoms with E-state index in [1.807, 2.05) is 6.07 Å². The van der Waals surface area contributed by atoms with Crippen LogP contribution in [-0.2, 0) is 27.3 Å². The Kier molecular flexibility index (Phi) is 8.46. The van der Waals surface area contributed by atoms with Gasteiger partial charge in [0.2, 0.25) is 5.91 Å². The highest BCUT2D eigenvalue weighted by Crippen LogP contribution is 2.44. The van der Waals surface area contributed by atoms with Gasteiger partial charge in [-0.2, -0.15) is 5.26 Å². The molecule has 1 spiro atoms. The Morgan fingerprint density at radius 3 is 2.95 bits per heavy atom. The second-order valence-electron chi connectivity index (χ2n) is 12.6. The second-order valence-corrected chi connectivity index (χ2v) is 12.6. The maximum atomic E-state index is 14.8. The molecule has 3 saturated heterocycles. The van der Waals surface area contributed by atoms with Crippen molar-refractivity contribution in [2.45, 2.75) is 87.8 Å². The molecule has 222 valence electrons. The summed E-state index contributed by atoms with van der Waals surface area (Å²) in [6, 6.07) is 7.90. The van der Waals surface area contributed by atoms with E-state index in [1.54, 1.807) is 17.0 Å². The number of ether oxygens (including phenoxy) is 2. The zero-order valence-electron chi connectivity index (χ0n) is 24.1. The number of benzene rings is 1. The Morgan fingerprint density at radius 1 is 1.29 bits per heavy atom. The Labute approximate surface area is 242 Å². The van der Waals surface area contributed by atoms with Crippen LogP contribution in [0.3, 0.4) is 0 Å². The number of hydrogen-bond acceptors (Lipinski definition) is 8. The van der Waals surface area contributed by atoms with Gasteiger partial charge in [-0.3, -0.25) is 20.3 Å². The van der Waals surface area contributed by atoms with E-state index in [2.05, 4.69) is 40.1 Å². The SMILES string of the molecule is C=CC(=O)N1CCN(C2NC(OCC3CCCN3C)NC3C[C@@]4(CCC32)Cc2c(F)cccc2CO4)CC1CC#N. The minimum atomic E-state index is -0.403. The molecule has 0 radical (unpaired) electrons. The zero-order valence-corrected chi connectivity index (χ0v) is 24.1. The predicted octanol–water partition coefficient (Wildman–Crippen LogP) is 2.33. The summed E-state index contributed by atoms with van der Waals surface area (Å²) < 4.78 is 27.9. The summed E-state index contributed by atoms with van der Waals surface area (Å²) in [6.07, 6.45) is 6.79. The summed E-state index contributed by atoms with van der Waals surface area (Å²) in [5.74, 6) is 0.0231. The van der Waals surface area contributed by atoms with Crippen LogP contribution in [-0.4, -0.2) is 96.7 Å². The minimum absolute atomic E-state index is 0.0275. The standard InChI is InChI=1S/C31H43FN6O3/c1-3-28(39)38-15-14-37(18-22(38)10-12-33)29-24-9-11-31(16-25-21(19-41-31)6-4-8-26(25)32)17-27(24)34-30(35-29)40-20-23-7-5-13-36(23)2/h3-4,6,8,22-24,27,29-30,34-35H,1,5,7,9-11,13-20H2,2H3/t22?,23?,24?,27?,29?,30?,31-/m1/s1. The molecule has 4 fully saturated rings. The molecule has 9 nitrogen and oxygen atoms in total. The van der Waals surface area contributed by atoms with Crippen LogP contribution < -0.4 is 10.6 Å². The summed E-state index contributed by atoms with van der Waals surface area (Å²) >= 11 is 0. The Balaban J connectivity index is 1.21. The molecule has 7 atom stereocenters. The third kappa shape index (κ3) is 5.81. The van der Waals surface area contributed by atoms with Crippen LogP contribution in [0.1, 0.15) is 49.7 Å². The number of carbonyl (C=O) groups excluding carboxylic acids is 1. The fraction of sp³-hybridized carbons (Fsp3) is 0.677. The molecule has 1 saturated carbocycles. The van der Waals surface area contributed by atoms with Gasteiger partial charge in [-0.1, -0.05) is 18.7 Å². The summed E-state index contributed by atoms with van der Waals surface area (Å²) in [7, 11) is 2.16. The van der Waals surface area contributed by atoms with Crippen LogP contribution in [0.5, 0.6) is 0 Å². The van der Waals surface area contributed by atoms with E-state index in [-0.39, 0.29) is 48.7 Å². The number of rotatable bonds is 6. The van der Waals surface area contributed by atoms with Crippen molar-refractivity contribution in [2.24, 2.45) is 5.92 Å². The van der Waals surface area contributed by atoms with E-state index in [0.717, 1.165) is 43.4 Å². The molecule has 41 heavy (non-hydrogen) atoms. The first-order chi connectivity index (χ1) is 19.9. The van der Waals surface area contributed by atoms with Crippen molar-refractivity contribution in [3.63, 3.8) is 0 Å². The van der Waals surface area contributed by atoms with E-state index in [0.29, 0.717) is 45.3 Å². The maximum Gasteiger partial charge on any atom is 0.246 e. The number of nitrogens with zero attached hydrogens (tertiary/aromatic N) is 4. The first kappa shape index (κ1) is 28.7. The van der Waals surface area contributed by atoms with Gasteiger partial charge in [-0.25, -0.2) is 4.39 Å². The number of nitrogens with one attached hydrogen (secondary N) is 2. The summed E-state index contributed by atoms with van der Waals surface area (Å²) in [6.45, 7) is 7.72. The number of halogens is 1. The van der Waals surface area contributed by atoms with Crippen LogP contribution in [0.4, 0.5) is 4.39 Å². The van der Waals surface area contributed by atoms with Gasteiger partial charge in [0.25, 0.3) is 0 Å². The van der Waals surface area contributed by atoms with Crippen LogP contribution in [0.25, 0.3) is 0 Å². The number of carbonyl (C=O) groups is 1. The van der Waals surface area contributed by atoms with Gasteiger partial charge in [0.05, 0.1) is 43.5 Å². The smallest absolute Gasteiger partial charge is 0.246 e. The molecule has 4 aliphatic heterocycles. The molecular weight excluding hydrogens is 523 g/mol. The lowest BCUT2D eigenvalue weighted by molar-refractivity contribution is -0.153. The molecule has 1 aliphatic carbocycles. The summed E-state index contributed by atoms with van der Waals surface area (Å²) in [4.78, 5) is 19.1. The molecule has 1 aromatic carbocycles. The largest absolute Gasteiger partial charge is 0.370 e. The Morgan fingerprint density at radius 2 is 2.17 bits per heavy atom. The van der Waals surface area contributed by atoms with Gasteiger partial charge < -0.3 is 19.3 Å². The van der Waals surface area contributed by atoms with Crippen molar-refractivity contribution in [2.75, 3.05) is 39.8 Å². The van der Waals surface area contributed by atoms with Gasteiger partial charge in [0.15, 0.2) is 6.35 Å². The van der Waals surface area contributed by atoms with Crippen molar-refractivity contribution in [1.82, 2.24) is 25.3 Å². The number of fused-ring (bicyclic) bond motifs is 2. The van der Waals surface area contributed by atoms with E-state index in [1.165, 1.54) is 12.5 Å². The summed E-state index contributed by atoms with van der Waals surface area (Å²) in [5, 5.41) is 17.0.